The van der Waals surface area contributed by atoms with Crippen molar-refractivity contribution in [2.75, 3.05) is 14.1 Å². The molecule has 0 atom stereocenters. The van der Waals surface area contributed by atoms with Gasteiger partial charge < -0.3 is 4.52 Å². The predicted molar refractivity (Wildman–Crippen MR) is 78.3 cm³/mol. The van der Waals surface area contributed by atoms with Gasteiger partial charge in [-0.2, -0.15) is 4.98 Å². The monoisotopic (exact) mass is 328 g/mol. The molecule has 0 saturated heterocycles. The van der Waals surface area contributed by atoms with Gasteiger partial charge in [-0.3, -0.25) is 0 Å². The molecule has 0 unspecified atom stereocenters. The minimum atomic E-state index is -3.44. The van der Waals surface area contributed by atoms with Gasteiger partial charge in [-0.15, -0.1) is 0 Å². The molecule has 0 N–H and O–H groups in total. The summed E-state index contributed by atoms with van der Waals surface area (Å²) < 4.78 is 30.0. The van der Waals surface area contributed by atoms with E-state index in [1.165, 1.54) is 38.1 Å². The fourth-order valence-electron chi connectivity index (χ4n) is 1.44. The summed E-state index contributed by atoms with van der Waals surface area (Å²) in [5, 5.41) is 4.51. The van der Waals surface area contributed by atoms with E-state index in [9.17, 15) is 8.42 Å². The zero-order valence-electron chi connectivity index (χ0n) is 12.0. The zero-order chi connectivity index (χ0) is 15.5. The third-order valence-corrected chi connectivity index (χ3v) is 5.38. The summed E-state index contributed by atoms with van der Waals surface area (Å²) in [4.78, 5) is 8.50. The van der Waals surface area contributed by atoms with Gasteiger partial charge in [-0.25, -0.2) is 17.7 Å². The van der Waals surface area contributed by atoms with Crippen LogP contribution in [0.2, 0.25) is 0 Å². The molecule has 0 aromatic carbocycles. The first-order valence-corrected chi connectivity index (χ1v) is 8.69. The van der Waals surface area contributed by atoms with Crippen LogP contribution in [0.15, 0.2) is 32.8 Å². The minimum absolute atomic E-state index is 0.169. The Hall–Kier alpha value is -1.45. The lowest BCUT2D eigenvalue weighted by Crippen LogP contribution is -2.22. The van der Waals surface area contributed by atoms with Crippen molar-refractivity contribution in [1.82, 2.24) is 19.4 Å². The van der Waals surface area contributed by atoms with Crippen LogP contribution in [0.3, 0.4) is 0 Å². The molecule has 0 fully saturated rings. The third-order valence-electron chi connectivity index (χ3n) is 2.66. The number of aromatic nitrogens is 3. The molecule has 2 aromatic heterocycles. The van der Waals surface area contributed by atoms with Crippen LogP contribution < -0.4 is 0 Å². The largest absolute Gasteiger partial charge is 0.338 e. The maximum absolute atomic E-state index is 11.9. The van der Waals surface area contributed by atoms with Crippen molar-refractivity contribution in [3.8, 4) is 0 Å². The number of hydrogen-bond acceptors (Lipinski definition) is 7. The number of sulfonamides is 1. The quantitative estimate of drug-likeness (QED) is 0.743. The summed E-state index contributed by atoms with van der Waals surface area (Å²) >= 11 is 1.41. The highest BCUT2D eigenvalue weighted by Gasteiger charge is 2.17. The lowest BCUT2D eigenvalue weighted by atomic mass is 10.5. The van der Waals surface area contributed by atoms with Gasteiger partial charge in [-0.1, -0.05) is 23.8 Å². The predicted octanol–water partition coefficient (Wildman–Crippen LogP) is 1.57. The van der Waals surface area contributed by atoms with E-state index >= 15 is 0 Å². The fraction of sp³-hybridized carbons (Fsp3) is 0.417. The van der Waals surface area contributed by atoms with E-state index < -0.39 is 10.0 Å². The summed E-state index contributed by atoms with van der Waals surface area (Å²) in [6.45, 7) is 1.95. The van der Waals surface area contributed by atoms with Crippen LogP contribution >= 0.6 is 11.8 Å². The van der Waals surface area contributed by atoms with Gasteiger partial charge in [0.05, 0.1) is 10.8 Å². The summed E-state index contributed by atoms with van der Waals surface area (Å²) in [7, 11) is -0.470. The second-order valence-electron chi connectivity index (χ2n) is 4.37. The molecule has 0 radical (unpaired) electrons. The molecule has 0 saturated carbocycles. The number of hydrogen-bond donors (Lipinski definition) is 0. The molecule has 114 valence electrons. The summed E-state index contributed by atoms with van der Waals surface area (Å²) in [6, 6.07) is 3.20. The molecule has 0 amide bonds. The Morgan fingerprint density at radius 1 is 1.33 bits per heavy atom. The zero-order valence-corrected chi connectivity index (χ0v) is 13.6. The molecule has 0 aliphatic rings. The van der Waals surface area contributed by atoms with Crippen molar-refractivity contribution in [2.45, 2.75) is 29.0 Å². The molecule has 0 bridgehead atoms. The smallest absolute Gasteiger partial charge is 0.244 e. The minimum Gasteiger partial charge on any atom is -0.338 e. The molecular weight excluding hydrogens is 312 g/mol. The Labute approximate surface area is 127 Å². The van der Waals surface area contributed by atoms with Crippen molar-refractivity contribution >= 4 is 21.8 Å². The van der Waals surface area contributed by atoms with Crippen LogP contribution in [0.1, 0.15) is 18.6 Å². The lowest BCUT2D eigenvalue weighted by Gasteiger charge is -2.10. The van der Waals surface area contributed by atoms with Gasteiger partial charge in [0.1, 0.15) is 4.90 Å². The van der Waals surface area contributed by atoms with Crippen LogP contribution in [0.4, 0.5) is 0 Å². The molecule has 0 aliphatic heterocycles. The SMILES string of the molecule is CCc1noc(CSc2ccc(S(=O)(=O)N(C)C)cn2)n1. The Morgan fingerprint density at radius 2 is 2.10 bits per heavy atom. The van der Waals surface area contributed by atoms with E-state index in [0.717, 1.165) is 10.7 Å². The number of nitrogens with zero attached hydrogens (tertiary/aromatic N) is 4. The number of thioether (sulfide) groups is 1. The first-order valence-electron chi connectivity index (χ1n) is 6.26. The van der Waals surface area contributed by atoms with Crippen LogP contribution in [0.25, 0.3) is 0 Å². The molecule has 2 aromatic rings. The van der Waals surface area contributed by atoms with Crippen LogP contribution in [0.5, 0.6) is 0 Å². The molecule has 21 heavy (non-hydrogen) atoms. The molecular formula is C12H16N4O3S2. The molecule has 0 spiro atoms. The van der Waals surface area contributed by atoms with Gasteiger partial charge in [0.25, 0.3) is 0 Å². The van der Waals surface area contributed by atoms with Gasteiger partial charge in [0.2, 0.25) is 15.9 Å². The molecule has 2 heterocycles. The maximum Gasteiger partial charge on any atom is 0.244 e. The van der Waals surface area contributed by atoms with E-state index in [-0.39, 0.29) is 4.90 Å². The van der Waals surface area contributed by atoms with E-state index in [1.54, 1.807) is 6.07 Å². The maximum atomic E-state index is 11.9. The highest BCUT2D eigenvalue weighted by molar-refractivity contribution is 7.98. The highest BCUT2D eigenvalue weighted by atomic mass is 32.2. The van der Waals surface area contributed by atoms with Crippen molar-refractivity contribution in [2.24, 2.45) is 0 Å². The standard InChI is InChI=1S/C12H16N4O3S2/c1-4-10-14-11(19-15-10)8-20-12-6-5-9(7-13-12)21(17,18)16(2)3/h5-7H,4,8H2,1-3H3. The fourth-order valence-corrected chi connectivity index (χ4v) is 2.97. The molecule has 0 aliphatic carbocycles. The van der Waals surface area contributed by atoms with Crippen LogP contribution in [-0.4, -0.2) is 41.9 Å². The van der Waals surface area contributed by atoms with E-state index in [1.807, 2.05) is 6.92 Å². The highest BCUT2D eigenvalue weighted by Crippen LogP contribution is 2.21. The number of rotatable bonds is 6. The summed E-state index contributed by atoms with van der Waals surface area (Å²) in [5.74, 6) is 1.70. The Kier molecular flexibility index (Phi) is 4.96. The van der Waals surface area contributed by atoms with Crippen molar-refractivity contribution in [3.05, 3.63) is 30.0 Å². The van der Waals surface area contributed by atoms with E-state index in [4.69, 9.17) is 4.52 Å². The summed E-state index contributed by atoms with van der Waals surface area (Å²) in [6.07, 6.45) is 2.08. The van der Waals surface area contributed by atoms with Crippen LogP contribution in [0, 0.1) is 0 Å². The molecule has 7 nitrogen and oxygen atoms in total. The van der Waals surface area contributed by atoms with Crippen molar-refractivity contribution < 1.29 is 12.9 Å². The van der Waals surface area contributed by atoms with Crippen molar-refractivity contribution in [3.63, 3.8) is 0 Å². The Morgan fingerprint density at radius 3 is 2.62 bits per heavy atom. The Bertz CT molecular complexity index is 696. The Balaban J connectivity index is 2.03. The first-order chi connectivity index (χ1) is 9.93. The van der Waals surface area contributed by atoms with Gasteiger partial charge in [-0.05, 0) is 12.1 Å². The number of aryl methyl sites for hydroxylation is 1. The molecule has 9 heteroatoms. The number of pyridine rings is 1. The van der Waals surface area contributed by atoms with Gasteiger partial charge in [0, 0.05) is 26.7 Å². The topological polar surface area (TPSA) is 89.2 Å². The second kappa shape index (κ2) is 6.54. The third kappa shape index (κ3) is 3.80. The lowest BCUT2D eigenvalue weighted by molar-refractivity contribution is 0.385. The van der Waals surface area contributed by atoms with E-state index in [2.05, 4.69) is 15.1 Å². The van der Waals surface area contributed by atoms with E-state index in [0.29, 0.717) is 22.5 Å². The second-order valence-corrected chi connectivity index (χ2v) is 7.51. The first kappa shape index (κ1) is 15.9. The average Bonchev–Trinajstić information content (AvgIpc) is 2.93. The van der Waals surface area contributed by atoms with Gasteiger partial charge in [0.15, 0.2) is 5.82 Å². The van der Waals surface area contributed by atoms with Crippen LogP contribution in [-0.2, 0) is 22.2 Å². The summed E-state index contributed by atoms with van der Waals surface area (Å²) in [5.41, 5.74) is 0. The normalized spacial score (nSPS) is 12.0. The average molecular weight is 328 g/mol. The van der Waals surface area contributed by atoms with Crippen molar-refractivity contribution in [1.29, 1.82) is 0 Å². The van der Waals surface area contributed by atoms with Gasteiger partial charge >= 0.3 is 0 Å². The molecule has 2 rings (SSSR count).